The number of hydrogen-bond acceptors (Lipinski definition) is 8. The lowest BCUT2D eigenvalue weighted by molar-refractivity contribution is 0.0105. The Bertz CT molecular complexity index is 1360. The van der Waals surface area contributed by atoms with Crippen LogP contribution in [0, 0.1) is 0 Å². The van der Waals surface area contributed by atoms with Crippen LogP contribution in [-0.4, -0.2) is 73.4 Å². The Morgan fingerprint density at radius 1 is 1.06 bits per heavy atom. The van der Waals surface area contributed by atoms with E-state index in [9.17, 15) is 4.79 Å². The van der Waals surface area contributed by atoms with Crippen LogP contribution >= 0.6 is 0 Å². The average Bonchev–Trinajstić information content (AvgIpc) is 3.36. The van der Waals surface area contributed by atoms with Gasteiger partial charge in [0.1, 0.15) is 6.61 Å². The number of rotatable bonds is 8. The highest BCUT2D eigenvalue weighted by Crippen LogP contribution is 2.19. The van der Waals surface area contributed by atoms with Crippen molar-refractivity contribution in [2.24, 2.45) is 7.05 Å². The molecule has 0 aliphatic carbocycles. The van der Waals surface area contributed by atoms with Crippen molar-refractivity contribution in [2.75, 3.05) is 32.9 Å². The molecule has 186 valence electrons. The van der Waals surface area contributed by atoms with Crippen molar-refractivity contribution in [3.8, 4) is 28.4 Å². The minimum absolute atomic E-state index is 0.169. The summed E-state index contributed by atoms with van der Waals surface area (Å²) in [5.41, 5.74) is 3.17. The van der Waals surface area contributed by atoms with Crippen molar-refractivity contribution in [2.45, 2.75) is 19.5 Å². The van der Waals surface area contributed by atoms with Crippen LogP contribution in [0.2, 0.25) is 0 Å². The van der Waals surface area contributed by atoms with Gasteiger partial charge in [0, 0.05) is 49.6 Å². The third kappa shape index (κ3) is 5.67. The molecule has 0 N–H and O–H groups in total. The second-order valence-electron chi connectivity index (χ2n) is 8.87. The van der Waals surface area contributed by atoms with Crippen molar-refractivity contribution < 1.29 is 9.47 Å². The van der Waals surface area contributed by atoms with Crippen molar-refractivity contribution in [1.82, 2.24) is 34.4 Å². The van der Waals surface area contributed by atoms with Gasteiger partial charge >= 0.3 is 0 Å². The van der Waals surface area contributed by atoms with E-state index >= 15 is 0 Å². The molecule has 1 unspecified atom stereocenters. The lowest BCUT2D eigenvalue weighted by atomic mass is 10.1. The lowest BCUT2D eigenvalue weighted by Gasteiger charge is -2.31. The number of nitrogens with zero attached hydrogens (tertiary/aromatic N) is 7. The van der Waals surface area contributed by atoms with Crippen LogP contribution < -0.4 is 10.3 Å². The van der Waals surface area contributed by atoms with E-state index in [2.05, 4.69) is 32.0 Å². The first-order valence-corrected chi connectivity index (χ1v) is 12.0. The minimum atomic E-state index is -0.169. The monoisotopic (exact) mass is 487 g/mol. The van der Waals surface area contributed by atoms with Crippen LogP contribution in [0.5, 0.6) is 5.75 Å². The van der Waals surface area contributed by atoms with Gasteiger partial charge < -0.3 is 9.47 Å². The number of hydrogen-bond donors (Lipinski definition) is 0. The van der Waals surface area contributed by atoms with Gasteiger partial charge in [-0.25, -0.2) is 14.6 Å². The fourth-order valence-corrected chi connectivity index (χ4v) is 4.13. The first kappa shape index (κ1) is 23.8. The summed E-state index contributed by atoms with van der Waals surface area (Å²) >= 11 is 0. The zero-order valence-electron chi connectivity index (χ0n) is 20.4. The molecule has 10 nitrogen and oxygen atoms in total. The van der Waals surface area contributed by atoms with Crippen molar-refractivity contribution in [3.63, 3.8) is 0 Å². The van der Waals surface area contributed by atoms with Crippen LogP contribution in [0.3, 0.4) is 0 Å². The number of ether oxygens (including phenoxy) is 2. The molecule has 0 radical (unpaired) electrons. The van der Waals surface area contributed by atoms with Crippen LogP contribution in [0.4, 0.5) is 0 Å². The molecule has 1 saturated heterocycles. The Labute approximate surface area is 209 Å². The highest BCUT2D eigenvalue weighted by molar-refractivity contribution is 5.57. The molecule has 36 heavy (non-hydrogen) atoms. The third-order valence-electron chi connectivity index (χ3n) is 6.17. The highest BCUT2D eigenvalue weighted by Gasteiger charge is 2.17. The standard InChI is InChI=1S/C26H29N7O3/c1-19(32-8-10-35-11-9-32)18-36-23-14-27-26(28-15-23)21-5-3-4-20(12-21)16-33-25(34)7-6-24(30-33)22-13-29-31(2)17-22/h3-7,12-15,17,19H,8-11,16,18H2,1-2H3. The van der Waals surface area contributed by atoms with E-state index < -0.39 is 0 Å². The maximum atomic E-state index is 12.4. The van der Waals surface area contributed by atoms with Crippen molar-refractivity contribution >= 4 is 0 Å². The molecule has 4 aromatic rings. The van der Waals surface area contributed by atoms with Gasteiger partial charge in [-0.2, -0.15) is 10.2 Å². The molecule has 0 spiro atoms. The van der Waals surface area contributed by atoms with E-state index in [0.717, 1.165) is 43.0 Å². The number of benzene rings is 1. The topological polar surface area (TPSA) is 100 Å². The summed E-state index contributed by atoms with van der Waals surface area (Å²) in [6, 6.07) is 11.3. The summed E-state index contributed by atoms with van der Waals surface area (Å²) in [5.74, 6) is 1.23. The summed E-state index contributed by atoms with van der Waals surface area (Å²) in [7, 11) is 1.84. The van der Waals surface area contributed by atoms with Crippen molar-refractivity contribution in [1.29, 1.82) is 0 Å². The largest absolute Gasteiger partial charge is 0.489 e. The molecule has 0 bridgehead atoms. The van der Waals surface area contributed by atoms with Crippen LogP contribution in [0.1, 0.15) is 12.5 Å². The molecule has 0 amide bonds. The molecule has 5 rings (SSSR count). The highest BCUT2D eigenvalue weighted by atomic mass is 16.5. The normalized spacial score (nSPS) is 15.1. The number of aryl methyl sites for hydroxylation is 1. The fraction of sp³-hybridized carbons (Fsp3) is 0.346. The van der Waals surface area contributed by atoms with Crippen molar-refractivity contribution in [3.05, 3.63) is 77.1 Å². The van der Waals surface area contributed by atoms with Gasteiger partial charge in [0.05, 0.1) is 44.0 Å². The zero-order chi connectivity index (χ0) is 24.9. The molecule has 10 heteroatoms. The Hall–Kier alpha value is -3.89. The first-order valence-electron chi connectivity index (χ1n) is 12.0. The van der Waals surface area contributed by atoms with Gasteiger partial charge in [0.2, 0.25) is 0 Å². The van der Waals surface area contributed by atoms with E-state index in [-0.39, 0.29) is 5.56 Å². The minimum Gasteiger partial charge on any atom is -0.489 e. The third-order valence-corrected chi connectivity index (χ3v) is 6.17. The fourth-order valence-electron chi connectivity index (χ4n) is 4.13. The summed E-state index contributed by atoms with van der Waals surface area (Å²) in [6.07, 6.45) is 6.99. The molecule has 3 aromatic heterocycles. The number of aromatic nitrogens is 6. The molecular weight excluding hydrogens is 458 g/mol. The van der Waals surface area contributed by atoms with Crippen LogP contribution in [0.25, 0.3) is 22.6 Å². The van der Waals surface area contributed by atoms with Gasteiger partial charge in [-0.1, -0.05) is 18.2 Å². The smallest absolute Gasteiger partial charge is 0.267 e. The summed E-state index contributed by atoms with van der Waals surface area (Å²) in [6.45, 7) is 6.43. The molecule has 1 aromatic carbocycles. The second-order valence-corrected chi connectivity index (χ2v) is 8.87. The van der Waals surface area contributed by atoms with E-state index in [1.165, 1.54) is 10.7 Å². The van der Waals surface area contributed by atoms with Gasteiger partial charge in [0.25, 0.3) is 5.56 Å². The Balaban J connectivity index is 1.26. The molecule has 1 atom stereocenters. The van der Waals surface area contributed by atoms with Gasteiger partial charge in [-0.05, 0) is 24.6 Å². The maximum Gasteiger partial charge on any atom is 0.267 e. The van der Waals surface area contributed by atoms with Gasteiger partial charge in [-0.3, -0.25) is 14.4 Å². The van der Waals surface area contributed by atoms with Gasteiger partial charge in [0.15, 0.2) is 11.6 Å². The maximum absolute atomic E-state index is 12.4. The van der Waals surface area contributed by atoms with Crippen LogP contribution in [0.15, 0.2) is 66.0 Å². The summed E-state index contributed by atoms with van der Waals surface area (Å²) in [4.78, 5) is 23.8. The number of morpholine rings is 1. The van der Waals surface area contributed by atoms with E-state index in [0.29, 0.717) is 36.5 Å². The van der Waals surface area contributed by atoms with E-state index in [1.54, 1.807) is 29.3 Å². The molecule has 1 aliphatic heterocycles. The van der Waals surface area contributed by atoms with E-state index in [4.69, 9.17) is 9.47 Å². The van der Waals surface area contributed by atoms with E-state index in [1.807, 2.05) is 37.5 Å². The molecule has 1 aliphatic rings. The zero-order valence-corrected chi connectivity index (χ0v) is 20.4. The second kappa shape index (κ2) is 10.8. The quantitative estimate of drug-likeness (QED) is 0.373. The lowest BCUT2D eigenvalue weighted by Crippen LogP contribution is -2.44. The SMILES string of the molecule is CC(COc1cnc(-c2cccc(Cn3nc(-c4cnn(C)c4)ccc3=O)c2)nc1)N1CCOCC1. The average molecular weight is 488 g/mol. The Kier molecular flexibility index (Phi) is 7.15. The molecular formula is C26H29N7O3. The first-order chi connectivity index (χ1) is 17.5. The summed E-state index contributed by atoms with van der Waals surface area (Å²) in [5, 5.41) is 8.71. The predicted molar refractivity (Wildman–Crippen MR) is 135 cm³/mol. The van der Waals surface area contributed by atoms with Crippen LogP contribution in [-0.2, 0) is 18.3 Å². The predicted octanol–water partition coefficient (Wildman–Crippen LogP) is 2.25. The molecule has 4 heterocycles. The summed E-state index contributed by atoms with van der Waals surface area (Å²) < 4.78 is 14.5. The molecule has 0 saturated carbocycles. The Morgan fingerprint density at radius 3 is 2.61 bits per heavy atom. The van der Waals surface area contributed by atoms with Gasteiger partial charge in [-0.15, -0.1) is 0 Å². The molecule has 1 fully saturated rings. The Morgan fingerprint density at radius 2 is 1.86 bits per heavy atom.